The Kier molecular flexibility index (Phi) is 3.09. The molecule has 3 aromatic heterocycles. The molecule has 0 spiro atoms. The second kappa shape index (κ2) is 4.60. The SMILES string of the molecule is Cc1cc(C(=O)Cc2cn3ccsc3n2)sc1Br. The van der Waals surface area contributed by atoms with Crippen LogP contribution in [0.5, 0.6) is 0 Å². The first-order chi connectivity index (χ1) is 8.63. The molecule has 0 atom stereocenters. The van der Waals surface area contributed by atoms with Crippen molar-refractivity contribution in [3.05, 3.63) is 43.8 Å². The molecule has 0 aliphatic rings. The molecule has 3 nitrogen and oxygen atoms in total. The Hall–Kier alpha value is -0.980. The summed E-state index contributed by atoms with van der Waals surface area (Å²) in [4.78, 5) is 18.3. The number of carbonyl (C=O) groups is 1. The lowest BCUT2D eigenvalue weighted by molar-refractivity contribution is 0.0996. The summed E-state index contributed by atoms with van der Waals surface area (Å²) in [6.07, 6.45) is 4.23. The van der Waals surface area contributed by atoms with Gasteiger partial charge in [-0.3, -0.25) is 9.20 Å². The van der Waals surface area contributed by atoms with Gasteiger partial charge in [-0.1, -0.05) is 0 Å². The molecule has 0 bridgehead atoms. The van der Waals surface area contributed by atoms with Gasteiger partial charge >= 0.3 is 0 Å². The molecule has 3 heterocycles. The van der Waals surface area contributed by atoms with Crippen LogP contribution in [0.1, 0.15) is 20.9 Å². The summed E-state index contributed by atoms with van der Waals surface area (Å²) < 4.78 is 2.97. The minimum absolute atomic E-state index is 0.125. The van der Waals surface area contributed by atoms with Gasteiger partial charge in [0.15, 0.2) is 10.7 Å². The number of aryl methyl sites for hydroxylation is 1. The average Bonchev–Trinajstić information content (AvgIpc) is 2.95. The van der Waals surface area contributed by atoms with Crippen LogP contribution in [0.15, 0.2) is 27.6 Å². The van der Waals surface area contributed by atoms with Crippen molar-refractivity contribution in [2.45, 2.75) is 13.3 Å². The van der Waals surface area contributed by atoms with Gasteiger partial charge in [-0.25, -0.2) is 4.98 Å². The molecule has 0 aliphatic heterocycles. The van der Waals surface area contributed by atoms with Gasteiger partial charge in [0.1, 0.15) is 0 Å². The zero-order valence-electron chi connectivity index (χ0n) is 9.51. The maximum atomic E-state index is 12.1. The quantitative estimate of drug-likeness (QED) is 0.676. The third kappa shape index (κ3) is 2.15. The highest BCUT2D eigenvalue weighted by Crippen LogP contribution is 2.28. The van der Waals surface area contributed by atoms with Crippen molar-refractivity contribution in [1.82, 2.24) is 9.38 Å². The number of fused-ring (bicyclic) bond motifs is 1. The Balaban J connectivity index is 1.84. The maximum Gasteiger partial charge on any atom is 0.193 e. The van der Waals surface area contributed by atoms with Crippen molar-refractivity contribution in [2.24, 2.45) is 0 Å². The van der Waals surface area contributed by atoms with Crippen LogP contribution < -0.4 is 0 Å². The summed E-state index contributed by atoms with van der Waals surface area (Å²) >= 11 is 6.50. The summed E-state index contributed by atoms with van der Waals surface area (Å²) in [5.41, 5.74) is 1.93. The molecule has 92 valence electrons. The van der Waals surface area contributed by atoms with Crippen molar-refractivity contribution in [2.75, 3.05) is 0 Å². The molecule has 0 saturated carbocycles. The van der Waals surface area contributed by atoms with Gasteiger partial charge in [0.25, 0.3) is 0 Å². The smallest absolute Gasteiger partial charge is 0.193 e. The molecular weight excluding hydrogens is 332 g/mol. The van der Waals surface area contributed by atoms with Crippen molar-refractivity contribution in [1.29, 1.82) is 0 Å². The number of ketones is 1. The number of imidazole rings is 1. The number of halogens is 1. The molecule has 3 aromatic rings. The first-order valence-electron chi connectivity index (χ1n) is 5.33. The molecule has 0 fully saturated rings. The number of aromatic nitrogens is 2. The van der Waals surface area contributed by atoms with Crippen molar-refractivity contribution in [3.8, 4) is 0 Å². The van der Waals surface area contributed by atoms with Crippen LogP contribution in [0, 0.1) is 6.92 Å². The van der Waals surface area contributed by atoms with Crippen molar-refractivity contribution < 1.29 is 4.79 Å². The molecule has 0 unspecified atom stereocenters. The molecule has 3 rings (SSSR count). The van der Waals surface area contributed by atoms with Gasteiger partial charge in [-0.2, -0.15) is 0 Å². The van der Waals surface area contributed by atoms with E-state index >= 15 is 0 Å². The number of carbonyl (C=O) groups excluding carboxylic acids is 1. The van der Waals surface area contributed by atoms with Crippen molar-refractivity contribution >= 4 is 49.3 Å². The fraction of sp³-hybridized carbons (Fsp3) is 0.167. The Morgan fingerprint density at radius 3 is 3.06 bits per heavy atom. The second-order valence-corrected chi connectivity index (χ2v) is 7.24. The van der Waals surface area contributed by atoms with Gasteiger partial charge in [0, 0.05) is 17.8 Å². The van der Waals surface area contributed by atoms with Crippen LogP contribution in [0.2, 0.25) is 0 Å². The van der Waals surface area contributed by atoms with Crippen molar-refractivity contribution in [3.63, 3.8) is 0 Å². The fourth-order valence-electron chi connectivity index (χ4n) is 1.71. The Labute approximate surface area is 120 Å². The lowest BCUT2D eigenvalue weighted by Crippen LogP contribution is -2.01. The van der Waals surface area contributed by atoms with Gasteiger partial charge in [0.2, 0.25) is 0 Å². The van der Waals surface area contributed by atoms with Crippen LogP contribution in [0.25, 0.3) is 4.96 Å². The number of thiophene rings is 1. The minimum Gasteiger partial charge on any atom is -0.297 e. The highest BCUT2D eigenvalue weighted by Gasteiger charge is 2.14. The third-order valence-corrected chi connectivity index (χ3v) is 5.57. The Morgan fingerprint density at radius 2 is 2.39 bits per heavy atom. The van der Waals surface area contributed by atoms with E-state index in [0.717, 1.165) is 24.9 Å². The average molecular weight is 341 g/mol. The second-order valence-electron chi connectivity index (χ2n) is 3.99. The van der Waals surface area contributed by atoms with E-state index in [1.165, 1.54) is 11.3 Å². The zero-order chi connectivity index (χ0) is 12.7. The maximum absolute atomic E-state index is 12.1. The van der Waals surface area contributed by atoms with Crippen LogP contribution >= 0.6 is 38.6 Å². The molecular formula is C12H9BrN2OS2. The Bertz CT molecular complexity index is 677. The standard InChI is InChI=1S/C12H9BrN2OS2/c1-7-4-10(18-11(7)13)9(16)5-8-6-15-2-3-17-12(15)14-8/h2-4,6H,5H2,1H3. The lowest BCUT2D eigenvalue weighted by atomic mass is 10.2. The Morgan fingerprint density at radius 1 is 1.56 bits per heavy atom. The fourth-order valence-corrected chi connectivity index (χ4v) is 3.90. The first-order valence-corrected chi connectivity index (χ1v) is 7.82. The number of Topliss-reactive ketones (excluding diaryl/α,β-unsaturated/α-hetero) is 1. The largest absolute Gasteiger partial charge is 0.297 e. The number of rotatable bonds is 3. The summed E-state index contributed by atoms with van der Waals surface area (Å²) in [6, 6.07) is 1.93. The van der Waals surface area contributed by atoms with E-state index < -0.39 is 0 Å². The van der Waals surface area contributed by atoms with E-state index in [2.05, 4.69) is 20.9 Å². The van der Waals surface area contributed by atoms with Crippen LogP contribution in [0.3, 0.4) is 0 Å². The monoisotopic (exact) mass is 340 g/mol. The molecule has 6 heteroatoms. The predicted molar refractivity (Wildman–Crippen MR) is 77.9 cm³/mol. The van der Waals surface area contributed by atoms with E-state index in [9.17, 15) is 4.79 Å². The van der Waals surface area contributed by atoms with E-state index in [4.69, 9.17) is 0 Å². The third-order valence-electron chi connectivity index (χ3n) is 2.62. The highest BCUT2D eigenvalue weighted by atomic mass is 79.9. The highest BCUT2D eigenvalue weighted by molar-refractivity contribution is 9.11. The van der Waals surface area contributed by atoms with E-state index in [-0.39, 0.29) is 5.78 Å². The van der Waals surface area contributed by atoms with Gasteiger partial charge in [0.05, 0.1) is 20.8 Å². The van der Waals surface area contributed by atoms with Crippen LogP contribution in [-0.2, 0) is 6.42 Å². The molecule has 0 radical (unpaired) electrons. The normalized spacial score (nSPS) is 11.2. The molecule has 0 saturated heterocycles. The van der Waals surface area contributed by atoms with Crippen LogP contribution in [0.4, 0.5) is 0 Å². The predicted octanol–water partition coefficient (Wildman–Crippen LogP) is 3.95. The lowest BCUT2D eigenvalue weighted by Gasteiger charge is -1.93. The summed E-state index contributed by atoms with van der Waals surface area (Å²) in [7, 11) is 0. The summed E-state index contributed by atoms with van der Waals surface area (Å²) in [5.74, 6) is 0.125. The van der Waals surface area contributed by atoms with Gasteiger partial charge in [-0.15, -0.1) is 22.7 Å². The first kappa shape index (κ1) is 12.1. The number of thiazole rings is 1. The van der Waals surface area contributed by atoms with E-state index in [1.54, 1.807) is 11.3 Å². The molecule has 0 aromatic carbocycles. The molecule has 0 aliphatic carbocycles. The summed E-state index contributed by atoms with van der Waals surface area (Å²) in [6.45, 7) is 1.99. The van der Waals surface area contributed by atoms with Gasteiger partial charge < -0.3 is 0 Å². The van der Waals surface area contributed by atoms with Crippen LogP contribution in [-0.4, -0.2) is 15.2 Å². The number of hydrogen-bond donors (Lipinski definition) is 0. The molecule has 0 amide bonds. The van der Waals surface area contributed by atoms with E-state index in [0.29, 0.717) is 6.42 Å². The summed E-state index contributed by atoms with van der Waals surface area (Å²) in [5, 5.41) is 1.98. The minimum atomic E-state index is 0.125. The van der Waals surface area contributed by atoms with Gasteiger partial charge in [-0.05, 0) is 34.5 Å². The number of nitrogens with zero attached hydrogens (tertiary/aromatic N) is 2. The molecule has 0 N–H and O–H groups in total. The zero-order valence-corrected chi connectivity index (χ0v) is 12.7. The topological polar surface area (TPSA) is 34.4 Å². The number of hydrogen-bond acceptors (Lipinski definition) is 4. The van der Waals surface area contributed by atoms with E-state index in [1.807, 2.05) is 35.2 Å². The molecule has 18 heavy (non-hydrogen) atoms.